The van der Waals surface area contributed by atoms with E-state index in [0.717, 1.165) is 15.9 Å². The molecule has 138 valence electrons. The van der Waals surface area contributed by atoms with Crippen molar-refractivity contribution in [3.05, 3.63) is 12.1 Å². The van der Waals surface area contributed by atoms with Gasteiger partial charge in [0, 0.05) is 15.9 Å². The lowest BCUT2D eigenvalue weighted by Crippen LogP contribution is -2.59. The van der Waals surface area contributed by atoms with E-state index >= 15 is 0 Å². The van der Waals surface area contributed by atoms with Crippen molar-refractivity contribution in [2.24, 2.45) is 0 Å². The lowest BCUT2D eigenvalue weighted by molar-refractivity contribution is -0.497. The summed E-state index contributed by atoms with van der Waals surface area (Å²) >= 11 is 0.757. The van der Waals surface area contributed by atoms with Gasteiger partial charge in [0.25, 0.3) is 0 Å². The van der Waals surface area contributed by atoms with Gasteiger partial charge in [0.15, 0.2) is 0 Å². The Bertz CT molecular complexity index is 463. The molecule has 2 nitrogen and oxygen atoms in total. The van der Waals surface area contributed by atoms with Gasteiger partial charge >= 0.3 is 41.2 Å². The van der Waals surface area contributed by atoms with E-state index in [9.17, 15) is 57.1 Å². The van der Waals surface area contributed by atoms with Crippen LogP contribution in [0.15, 0.2) is 12.1 Å². The molecule has 0 heterocycles. The van der Waals surface area contributed by atoms with Crippen LogP contribution in [0.5, 0.6) is 0 Å². The summed E-state index contributed by atoms with van der Waals surface area (Å²) in [5.74, 6) is -7.27. The van der Waals surface area contributed by atoms with Crippen LogP contribution in [0.1, 0.15) is 0 Å². The lowest BCUT2D eigenvalue weighted by atomic mass is 10.3. The Morgan fingerprint density at radius 3 is 1.35 bits per heavy atom. The van der Waals surface area contributed by atoms with Gasteiger partial charge in [0.2, 0.25) is 0 Å². The predicted octanol–water partition coefficient (Wildman–Crippen LogP) is 5.46. The van der Waals surface area contributed by atoms with Gasteiger partial charge in [-0.25, -0.2) is 4.74 Å². The number of alkyl halides is 11. The van der Waals surface area contributed by atoms with Crippen LogP contribution in [0.3, 0.4) is 0 Å². The molecule has 0 fully saturated rings. The van der Waals surface area contributed by atoms with Gasteiger partial charge in [-0.2, -0.15) is 57.1 Å². The Balaban J connectivity index is 5.66. The van der Waals surface area contributed by atoms with E-state index in [1.165, 1.54) is 0 Å². The minimum absolute atomic E-state index is 0.757. The molecule has 0 unspecified atom stereocenters. The monoisotopic (exact) mass is 442 g/mol. The molecule has 0 amide bonds. The second-order valence-electron chi connectivity index (χ2n) is 3.36. The molecular formula is C7BrF13O2. The average molecular weight is 443 g/mol. The second kappa shape index (κ2) is 6.18. The standard InChI is InChI=1S/C7BrF13O2/c8-4(14,15)7(20,21)23-6(18,19)3(12,13)5(16,17)22-2(11)1(9)10. The van der Waals surface area contributed by atoms with Crippen LogP contribution in [0, 0.1) is 0 Å². The van der Waals surface area contributed by atoms with E-state index in [2.05, 4.69) is 0 Å². The van der Waals surface area contributed by atoms with E-state index in [1.807, 2.05) is 4.74 Å². The summed E-state index contributed by atoms with van der Waals surface area (Å²) in [6.45, 7) is 0. The first-order chi connectivity index (χ1) is 9.78. The van der Waals surface area contributed by atoms with Gasteiger partial charge < -0.3 is 4.74 Å². The molecule has 0 saturated carbocycles. The zero-order chi connectivity index (χ0) is 19.1. The fourth-order valence-electron chi connectivity index (χ4n) is 0.668. The van der Waals surface area contributed by atoms with Crippen molar-refractivity contribution in [2.45, 2.75) is 29.1 Å². The highest BCUT2D eigenvalue weighted by Gasteiger charge is 2.79. The molecule has 0 atom stereocenters. The molecule has 0 spiro atoms. The van der Waals surface area contributed by atoms with Crippen LogP contribution in [-0.2, 0) is 9.47 Å². The van der Waals surface area contributed by atoms with Crippen LogP contribution in [0.4, 0.5) is 57.1 Å². The molecule has 0 saturated heterocycles. The number of hydrogen-bond acceptors (Lipinski definition) is 2. The largest absolute Gasteiger partial charge is 0.475 e. The van der Waals surface area contributed by atoms with Gasteiger partial charge in [0.1, 0.15) is 0 Å². The summed E-state index contributed by atoms with van der Waals surface area (Å²) in [4.78, 5) is -5.72. The molecule has 0 aliphatic heterocycles. The first-order valence-corrected chi connectivity index (χ1v) is 5.26. The van der Waals surface area contributed by atoms with Crippen molar-refractivity contribution in [2.75, 3.05) is 0 Å². The summed E-state index contributed by atoms with van der Waals surface area (Å²) in [5.41, 5.74) is 0. The van der Waals surface area contributed by atoms with Crippen molar-refractivity contribution < 1.29 is 66.5 Å². The second-order valence-corrected chi connectivity index (χ2v) is 4.36. The third-order valence-corrected chi connectivity index (χ3v) is 2.15. The predicted molar refractivity (Wildman–Crippen MR) is 46.2 cm³/mol. The van der Waals surface area contributed by atoms with Gasteiger partial charge in [-0.15, -0.1) is 0 Å². The third-order valence-electron chi connectivity index (χ3n) is 1.68. The molecule has 0 aliphatic rings. The molecular weight excluding hydrogens is 443 g/mol. The van der Waals surface area contributed by atoms with Gasteiger partial charge in [-0.1, -0.05) is 0 Å². The quantitative estimate of drug-likeness (QED) is 0.296. The SMILES string of the molecule is FC(F)=C(F)OC(F)(F)C(F)(F)C(F)(F)OC(F)(F)C(F)(F)Br. The van der Waals surface area contributed by atoms with Crippen LogP contribution in [-0.4, -0.2) is 29.1 Å². The Morgan fingerprint density at radius 2 is 1.04 bits per heavy atom. The van der Waals surface area contributed by atoms with Crippen LogP contribution < -0.4 is 0 Å². The number of rotatable bonds is 7. The molecule has 0 N–H and O–H groups in total. The average Bonchev–Trinajstić information content (AvgIpc) is 2.24. The molecule has 0 rings (SSSR count). The molecule has 0 aromatic rings. The number of ether oxygens (including phenoxy) is 2. The molecule has 16 heteroatoms. The molecule has 0 aromatic carbocycles. The van der Waals surface area contributed by atoms with Crippen molar-refractivity contribution in [3.63, 3.8) is 0 Å². The number of hydrogen-bond donors (Lipinski definition) is 0. The summed E-state index contributed by atoms with van der Waals surface area (Å²) in [7, 11) is 0. The topological polar surface area (TPSA) is 18.5 Å². The maximum atomic E-state index is 12.7. The van der Waals surface area contributed by atoms with Crippen molar-refractivity contribution in [3.8, 4) is 0 Å². The van der Waals surface area contributed by atoms with Gasteiger partial charge in [-0.3, -0.25) is 0 Å². The van der Waals surface area contributed by atoms with E-state index in [4.69, 9.17) is 0 Å². The third kappa shape index (κ3) is 4.54. The highest BCUT2D eigenvalue weighted by molar-refractivity contribution is 9.10. The van der Waals surface area contributed by atoms with E-state index in [-0.39, 0.29) is 0 Å². The molecule has 0 bridgehead atoms. The minimum Gasteiger partial charge on any atom is -0.397 e. The highest BCUT2D eigenvalue weighted by Crippen LogP contribution is 2.52. The molecule has 0 aliphatic carbocycles. The van der Waals surface area contributed by atoms with Gasteiger partial charge in [0.05, 0.1) is 0 Å². The van der Waals surface area contributed by atoms with Crippen molar-refractivity contribution in [1.82, 2.24) is 0 Å². The molecule has 0 aromatic heterocycles. The fourth-order valence-corrected chi connectivity index (χ4v) is 0.748. The maximum absolute atomic E-state index is 12.7. The first kappa shape index (κ1) is 22.1. The summed E-state index contributed by atoms with van der Waals surface area (Å²) < 4.78 is 164. The zero-order valence-electron chi connectivity index (χ0n) is 9.61. The van der Waals surface area contributed by atoms with Crippen molar-refractivity contribution in [1.29, 1.82) is 0 Å². The van der Waals surface area contributed by atoms with Crippen molar-refractivity contribution >= 4 is 15.9 Å². The number of halogens is 14. The smallest absolute Gasteiger partial charge is 0.397 e. The van der Waals surface area contributed by atoms with Crippen LogP contribution >= 0.6 is 15.9 Å². The summed E-state index contributed by atoms with van der Waals surface area (Å²) in [6.07, 6.45) is -24.2. The van der Waals surface area contributed by atoms with E-state index in [1.54, 1.807) is 4.74 Å². The summed E-state index contributed by atoms with van der Waals surface area (Å²) in [6, 6.07) is -3.75. The minimum atomic E-state index is -7.27. The first-order valence-electron chi connectivity index (χ1n) is 4.46. The Morgan fingerprint density at radius 1 is 0.652 bits per heavy atom. The van der Waals surface area contributed by atoms with E-state index < -0.39 is 41.2 Å². The van der Waals surface area contributed by atoms with Crippen LogP contribution in [0.2, 0.25) is 0 Å². The Hall–Kier alpha value is -0.930. The Kier molecular flexibility index (Phi) is 5.93. The Labute approximate surface area is 124 Å². The zero-order valence-corrected chi connectivity index (χ0v) is 11.2. The van der Waals surface area contributed by atoms with Gasteiger partial charge in [-0.05, 0) is 0 Å². The highest BCUT2D eigenvalue weighted by atomic mass is 79.9. The molecule has 23 heavy (non-hydrogen) atoms. The lowest BCUT2D eigenvalue weighted by Gasteiger charge is -2.33. The normalized spacial score (nSPS) is 14.7. The van der Waals surface area contributed by atoms with Crippen LogP contribution in [0.25, 0.3) is 0 Å². The summed E-state index contributed by atoms with van der Waals surface area (Å²) in [5, 5.41) is 0. The fraction of sp³-hybridized carbons (Fsp3) is 0.714. The maximum Gasteiger partial charge on any atom is 0.475 e. The molecule has 0 radical (unpaired) electrons. The van der Waals surface area contributed by atoms with E-state index in [0.29, 0.717) is 0 Å².